The SMILES string of the molecule is O=C(O)C1CC=CCC1C(=O)Nc1ccc(F)cc1F. The number of benzene rings is 1. The van der Waals surface area contributed by atoms with E-state index in [1.165, 1.54) is 0 Å². The van der Waals surface area contributed by atoms with Crippen molar-refractivity contribution in [1.82, 2.24) is 0 Å². The second-order valence-electron chi connectivity index (χ2n) is 4.61. The highest BCUT2D eigenvalue weighted by atomic mass is 19.1. The van der Waals surface area contributed by atoms with Crippen LogP contribution in [0.25, 0.3) is 0 Å². The maximum absolute atomic E-state index is 13.4. The fourth-order valence-corrected chi connectivity index (χ4v) is 2.19. The number of amides is 1. The molecule has 0 aliphatic heterocycles. The van der Waals surface area contributed by atoms with Crippen molar-refractivity contribution in [2.24, 2.45) is 11.8 Å². The Morgan fingerprint density at radius 2 is 1.80 bits per heavy atom. The summed E-state index contributed by atoms with van der Waals surface area (Å²) < 4.78 is 26.2. The molecule has 1 aliphatic rings. The Bertz CT molecular complexity index is 572. The van der Waals surface area contributed by atoms with E-state index in [9.17, 15) is 18.4 Å². The van der Waals surface area contributed by atoms with Gasteiger partial charge in [-0.25, -0.2) is 8.78 Å². The van der Waals surface area contributed by atoms with Gasteiger partial charge in [0.1, 0.15) is 11.6 Å². The van der Waals surface area contributed by atoms with E-state index in [-0.39, 0.29) is 18.5 Å². The largest absolute Gasteiger partial charge is 0.481 e. The molecular formula is C14H13F2NO3. The molecule has 0 spiro atoms. The summed E-state index contributed by atoms with van der Waals surface area (Å²) in [4.78, 5) is 23.1. The third-order valence-electron chi connectivity index (χ3n) is 3.28. The Hall–Kier alpha value is -2.24. The molecule has 2 N–H and O–H groups in total. The second-order valence-corrected chi connectivity index (χ2v) is 4.61. The molecule has 6 heteroatoms. The first-order valence-electron chi connectivity index (χ1n) is 6.12. The summed E-state index contributed by atoms with van der Waals surface area (Å²) in [6, 6.07) is 2.79. The molecule has 0 saturated carbocycles. The van der Waals surface area contributed by atoms with Gasteiger partial charge in [-0.15, -0.1) is 0 Å². The number of rotatable bonds is 3. The van der Waals surface area contributed by atoms with Crippen LogP contribution in [0.3, 0.4) is 0 Å². The number of carbonyl (C=O) groups excluding carboxylic acids is 1. The van der Waals surface area contributed by atoms with Gasteiger partial charge in [-0.05, 0) is 25.0 Å². The van der Waals surface area contributed by atoms with E-state index in [4.69, 9.17) is 5.11 Å². The molecule has 106 valence electrons. The fourth-order valence-electron chi connectivity index (χ4n) is 2.19. The first-order chi connectivity index (χ1) is 9.49. The van der Waals surface area contributed by atoms with Gasteiger partial charge in [0.25, 0.3) is 0 Å². The quantitative estimate of drug-likeness (QED) is 0.837. The number of carbonyl (C=O) groups is 2. The molecule has 2 unspecified atom stereocenters. The summed E-state index contributed by atoms with van der Waals surface area (Å²) in [7, 11) is 0. The number of aliphatic carboxylic acids is 1. The zero-order valence-corrected chi connectivity index (χ0v) is 10.5. The van der Waals surface area contributed by atoms with Gasteiger partial charge in [0, 0.05) is 6.07 Å². The van der Waals surface area contributed by atoms with Crippen molar-refractivity contribution >= 4 is 17.6 Å². The van der Waals surface area contributed by atoms with Crippen molar-refractivity contribution in [2.45, 2.75) is 12.8 Å². The zero-order valence-electron chi connectivity index (χ0n) is 10.5. The lowest BCUT2D eigenvalue weighted by molar-refractivity contribution is -0.146. The molecule has 4 nitrogen and oxygen atoms in total. The fraction of sp³-hybridized carbons (Fsp3) is 0.286. The molecule has 0 radical (unpaired) electrons. The second kappa shape index (κ2) is 5.81. The lowest BCUT2D eigenvalue weighted by Crippen LogP contribution is -2.34. The lowest BCUT2D eigenvalue weighted by Gasteiger charge is -2.24. The minimum absolute atomic E-state index is 0.157. The van der Waals surface area contributed by atoms with Crippen LogP contribution in [0.15, 0.2) is 30.4 Å². The molecule has 2 rings (SSSR count). The van der Waals surface area contributed by atoms with Crippen molar-refractivity contribution in [3.8, 4) is 0 Å². The smallest absolute Gasteiger partial charge is 0.307 e. The standard InChI is InChI=1S/C14H13F2NO3/c15-8-5-6-12(11(16)7-8)17-13(18)9-3-1-2-4-10(9)14(19)20/h1-2,5-7,9-10H,3-4H2,(H,17,18)(H,19,20). The van der Waals surface area contributed by atoms with Crippen molar-refractivity contribution in [1.29, 1.82) is 0 Å². The lowest BCUT2D eigenvalue weighted by atomic mass is 9.82. The van der Waals surface area contributed by atoms with E-state index >= 15 is 0 Å². The third kappa shape index (κ3) is 3.01. The first kappa shape index (κ1) is 14.2. The molecule has 0 heterocycles. The van der Waals surface area contributed by atoms with E-state index in [2.05, 4.69) is 5.32 Å². The Kier molecular flexibility index (Phi) is 4.12. The Morgan fingerprint density at radius 3 is 2.40 bits per heavy atom. The summed E-state index contributed by atoms with van der Waals surface area (Å²) in [5.74, 6) is -4.87. The minimum atomic E-state index is -1.06. The monoisotopic (exact) mass is 281 g/mol. The summed E-state index contributed by atoms with van der Waals surface area (Å²) in [6.45, 7) is 0. The number of anilines is 1. The molecule has 2 atom stereocenters. The Balaban J connectivity index is 2.14. The van der Waals surface area contributed by atoms with Crippen LogP contribution in [-0.2, 0) is 9.59 Å². The predicted molar refractivity (Wildman–Crippen MR) is 68.0 cm³/mol. The molecule has 0 aromatic heterocycles. The van der Waals surface area contributed by atoms with Crippen LogP contribution in [0.4, 0.5) is 14.5 Å². The van der Waals surface area contributed by atoms with Crippen LogP contribution in [0.5, 0.6) is 0 Å². The van der Waals surface area contributed by atoms with Crippen molar-refractivity contribution < 1.29 is 23.5 Å². The summed E-state index contributed by atoms with van der Waals surface area (Å²) in [5, 5.41) is 11.4. The van der Waals surface area contributed by atoms with E-state index < -0.39 is 35.3 Å². The third-order valence-corrected chi connectivity index (χ3v) is 3.28. The van der Waals surface area contributed by atoms with E-state index in [1.807, 2.05) is 0 Å². The van der Waals surface area contributed by atoms with Gasteiger partial charge in [-0.3, -0.25) is 9.59 Å². The highest BCUT2D eigenvalue weighted by Gasteiger charge is 2.34. The maximum Gasteiger partial charge on any atom is 0.307 e. The van der Waals surface area contributed by atoms with E-state index in [1.54, 1.807) is 12.2 Å². The topological polar surface area (TPSA) is 66.4 Å². The molecule has 1 aromatic rings. The Morgan fingerprint density at radius 1 is 1.15 bits per heavy atom. The predicted octanol–water partition coefficient (Wildman–Crippen LogP) is 2.57. The van der Waals surface area contributed by atoms with E-state index in [0.717, 1.165) is 12.1 Å². The van der Waals surface area contributed by atoms with Crippen LogP contribution >= 0.6 is 0 Å². The Labute approximate surface area is 114 Å². The van der Waals surface area contributed by atoms with Crippen LogP contribution < -0.4 is 5.32 Å². The highest BCUT2D eigenvalue weighted by Crippen LogP contribution is 2.27. The zero-order chi connectivity index (χ0) is 14.7. The average molecular weight is 281 g/mol. The molecule has 0 saturated heterocycles. The van der Waals surface area contributed by atoms with Gasteiger partial charge in [0.05, 0.1) is 17.5 Å². The minimum Gasteiger partial charge on any atom is -0.481 e. The van der Waals surface area contributed by atoms with Crippen molar-refractivity contribution in [3.05, 3.63) is 42.0 Å². The number of carboxylic acids is 1. The van der Waals surface area contributed by atoms with Gasteiger partial charge in [0.2, 0.25) is 5.91 Å². The molecule has 0 fully saturated rings. The maximum atomic E-state index is 13.4. The molecule has 0 bridgehead atoms. The number of halogens is 2. The van der Waals surface area contributed by atoms with Crippen LogP contribution in [0.2, 0.25) is 0 Å². The molecular weight excluding hydrogens is 268 g/mol. The highest BCUT2D eigenvalue weighted by molar-refractivity contribution is 5.95. The summed E-state index contributed by atoms with van der Waals surface area (Å²) >= 11 is 0. The molecule has 1 aliphatic carbocycles. The van der Waals surface area contributed by atoms with Crippen LogP contribution in [0.1, 0.15) is 12.8 Å². The van der Waals surface area contributed by atoms with Crippen LogP contribution in [0, 0.1) is 23.5 Å². The van der Waals surface area contributed by atoms with Gasteiger partial charge >= 0.3 is 5.97 Å². The normalized spacial score (nSPS) is 21.5. The van der Waals surface area contributed by atoms with Crippen molar-refractivity contribution in [2.75, 3.05) is 5.32 Å². The first-order valence-corrected chi connectivity index (χ1v) is 6.12. The van der Waals surface area contributed by atoms with Gasteiger partial charge < -0.3 is 10.4 Å². The summed E-state index contributed by atoms with van der Waals surface area (Å²) in [6.07, 6.45) is 3.98. The number of allylic oxidation sites excluding steroid dienone is 2. The number of nitrogens with one attached hydrogen (secondary N) is 1. The molecule has 1 amide bonds. The number of hydrogen-bond donors (Lipinski definition) is 2. The number of carboxylic acid groups (broad SMARTS) is 1. The van der Waals surface area contributed by atoms with E-state index in [0.29, 0.717) is 6.07 Å². The average Bonchev–Trinajstić information content (AvgIpc) is 2.41. The molecule has 20 heavy (non-hydrogen) atoms. The summed E-state index contributed by atoms with van der Waals surface area (Å²) in [5.41, 5.74) is -0.157. The van der Waals surface area contributed by atoms with Crippen molar-refractivity contribution in [3.63, 3.8) is 0 Å². The van der Waals surface area contributed by atoms with Gasteiger partial charge in [-0.2, -0.15) is 0 Å². The van der Waals surface area contributed by atoms with Gasteiger partial charge in [-0.1, -0.05) is 12.2 Å². The molecule has 1 aromatic carbocycles. The van der Waals surface area contributed by atoms with Crippen LogP contribution in [-0.4, -0.2) is 17.0 Å². The number of hydrogen-bond acceptors (Lipinski definition) is 2. The van der Waals surface area contributed by atoms with Gasteiger partial charge in [0.15, 0.2) is 0 Å².